The summed E-state index contributed by atoms with van der Waals surface area (Å²) in [5.41, 5.74) is 6.40. The van der Waals surface area contributed by atoms with E-state index in [-0.39, 0.29) is 17.5 Å². The number of aromatic hydroxyl groups is 1. The van der Waals surface area contributed by atoms with Gasteiger partial charge in [-0.1, -0.05) is 12.1 Å². The van der Waals surface area contributed by atoms with Crippen molar-refractivity contribution in [1.82, 2.24) is 9.97 Å². The average molecular weight is 248 g/mol. The molecule has 0 aliphatic rings. The van der Waals surface area contributed by atoms with Crippen LogP contribution in [0.4, 0.5) is 16.2 Å². The maximum absolute atomic E-state index is 13.3. The van der Waals surface area contributed by atoms with Gasteiger partial charge in [0.15, 0.2) is 11.6 Å². The third kappa shape index (κ3) is 3.07. The number of aromatic nitrogens is 2. The second-order valence-corrected chi connectivity index (χ2v) is 3.77. The maximum atomic E-state index is 13.3. The quantitative estimate of drug-likeness (QED) is 0.764. The predicted octanol–water partition coefficient (Wildman–Crippen LogP) is 1.56. The number of phenols is 1. The molecule has 0 fully saturated rings. The molecular formula is C12H13FN4O. The van der Waals surface area contributed by atoms with E-state index in [1.54, 1.807) is 12.1 Å². The fourth-order valence-electron chi connectivity index (χ4n) is 1.49. The lowest BCUT2D eigenvalue weighted by Gasteiger charge is -2.06. The number of phenolic OH excluding ortho intramolecular Hbond substituents is 1. The molecule has 0 atom stereocenters. The van der Waals surface area contributed by atoms with Crippen LogP contribution in [0.5, 0.6) is 5.75 Å². The minimum atomic E-state index is -0.532. The molecule has 1 heterocycles. The van der Waals surface area contributed by atoms with Crippen molar-refractivity contribution >= 4 is 11.8 Å². The van der Waals surface area contributed by atoms with Crippen LogP contribution in [0, 0.1) is 5.82 Å². The van der Waals surface area contributed by atoms with Crippen LogP contribution in [0.25, 0.3) is 0 Å². The van der Waals surface area contributed by atoms with Crippen molar-refractivity contribution in [3.63, 3.8) is 0 Å². The van der Waals surface area contributed by atoms with Crippen LogP contribution in [0.1, 0.15) is 5.56 Å². The Labute approximate surface area is 104 Å². The molecule has 0 saturated heterocycles. The van der Waals surface area contributed by atoms with E-state index in [2.05, 4.69) is 15.3 Å². The van der Waals surface area contributed by atoms with E-state index in [1.165, 1.54) is 0 Å². The first kappa shape index (κ1) is 12.1. The van der Waals surface area contributed by atoms with Gasteiger partial charge in [0, 0.05) is 6.54 Å². The molecule has 0 aliphatic carbocycles. The van der Waals surface area contributed by atoms with Gasteiger partial charge >= 0.3 is 0 Å². The van der Waals surface area contributed by atoms with E-state index in [1.807, 2.05) is 12.1 Å². The number of nitrogens with one attached hydrogen (secondary N) is 1. The summed E-state index contributed by atoms with van der Waals surface area (Å²) in [6.07, 6.45) is 1.72. The monoisotopic (exact) mass is 248 g/mol. The molecule has 0 amide bonds. The summed E-state index contributed by atoms with van der Waals surface area (Å²) in [6, 6.07) is 6.83. The lowest BCUT2D eigenvalue weighted by atomic mass is 10.1. The van der Waals surface area contributed by atoms with Crippen LogP contribution >= 0.6 is 0 Å². The van der Waals surface area contributed by atoms with Crippen LogP contribution in [0.15, 0.2) is 30.5 Å². The van der Waals surface area contributed by atoms with E-state index < -0.39 is 5.82 Å². The second kappa shape index (κ2) is 5.31. The number of anilines is 2. The number of hydrogen-bond donors (Lipinski definition) is 3. The van der Waals surface area contributed by atoms with Crippen LogP contribution in [-0.2, 0) is 6.42 Å². The molecule has 0 saturated carbocycles. The molecule has 0 bridgehead atoms. The molecule has 94 valence electrons. The van der Waals surface area contributed by atoms with Gasteiger partial charge < -0.3 is 16.2 Å². The molecule has 0 unspecified atom stereocenters. The van der Waals surface area contributed by atoms with E-state index in [0.717, 1.165) is 11.8 Å². The molecule has 6 heteroatoms. The van der Waals surface area contributed by atoms with Crippen LogP contribution < -0.4 is 11.1 Å². The normalized spacial score (nSPS) is 10.3. The van der Waals surface area contributed by atoms with Crippen molar-refractivity contribution in [2.45, 2.75) is 6.42 Å². The number of nitrogen functional groups attached to an aromatic ring is 1. The summed E-state index contributed by atoms with van der Waals surface area (Å²) in [5.74, 6) is -0.180. The SMILES string of the molecule is Nc1ncc(F)c(NCCc2ccc(O)cc2)n1. The van der Waals surface area contributed by atoms with Gasteiger partial charge in [0.2, 0.25) is 5.95 Å². The second-order valence-electron chi connectivity index (χ2n) is 3.77. The molecule has 0 spiro atoms. The van der Waals surface area contributed by atoms with Crippen molar-refractivity contribution in [2.24, 2.45) is 0 Å². The van der Waals surface area contributed by atoms with Crippen molar-refractivity contribution in [1.29, 1.82) is 0 Å². The third-order valence-corrected chi connectivity index (χ3v) is 2.41. The van der Waals surface area contributed by atoms with Gasteiger partial charge in [0.1, 0.15) is 5.75 Å². The Bertz CT molecular complexity index is 530. The van der Waals surface area contributed by atoms with E-state index >= 15 is 0 Å². The first-order valence-electron chi connectivity index (χ1n) is 5.45. The highest BCUT2D eigenvalue weighted by molar-refractivity contribution is 5.39. The molecule has 2 rings (SSSR count). The van der Waals surface area contributed by atoms with E-state index in [0.29, 0.717) is 13.0 Å². The fraction of sp³-hybridized carbons (Fsp3) is 0.167. The maximum Gasteiger partial charge on any atom is 0.222 e. The highest BCUT2D eigenvalue weighted by Gasteiger charge is 2.04. The number of rotatable bonds is 4. The summed E-state index contributed by atoms with van der Waals surface area (Å²) in [7, 11) is 0. The summed E-state index contributed by atoms with van der Waals surface area (Å²) in [4.78, 5) is 7.30. The van der Waals surface area contributed by atoms with Crippen molar-refractivity contribution < 1.29 is 9.50 Å². The lowest BCUT2D eigenvalue weighted by molar-refractivity contribution is 0.475. The summed E-state index contributed by atoms with van der Waals surface area (Å²) >= 11 is 0. The van der Waals surface area contributed by atoms with Crippen LogP contribution in [0.3, 0.4) is 0 Å². The number of nitrogens with two attached hydrogens (primary N) is 1. The Morgan fingerprint density at radius 2 is 2.00 bits per heavy atom. The Balaban J connectivity index is 1.92. The van der Waals surface area contributed by atoms with Gasteiger partial charge in [-0.25, -0.2) is 9.37 Å². The smallest absolute Gasteiger partial charge is 0.222 e. The van der Waals surface area contributed by atoms with Gasteiger partial charge in [-0.2, -0.15) is 4.98 Å². The lowest BCUT2D eigenvalue weighted by Crippen LogP contribution is -2.09. The van der Waals surface area contributed by atoms with Crippen LogP contribution in [-0.4, -0.2) is 21.6 Å². The fourth-order valence-corrected chi connectivity index (χ4v) is 1.49. The summed E-state index contributed by atoms with van der Waals surface area (Å²) in [5, 5.41) is 12.0. The van der Waals surface area contributed by atoms with Crippen molar-refractivity contribution in [3.8, 4) is 5.75 Å². The number of nitrogens with zero attached hydrogens (tertiary/aromatic N) is 2. The molecule has 1 aromatic heterocycles. The van der Waals surface area contributed by atoms with Gasteiger partial charge in [-0.15, -0.1) is 0 Å². The highest BCUT2D eigenvalue weighted by atomic mass is 19.1. The average Bonchev–Trinajstić information content (AvgIpc) is 2.36. The molecule has 1 aromatic carbocycles. The van der Waals surface area contributed by atoms with Gasteiger partial charge in [0.05, 0.1) is 6.20 Å². The zero-order valence-electron chi connectivity index (χ0n) is 9.60. The minimum absolute atomic E-state index is 0.0310. The summed E-state index contributed by atoms with van der Waals surface area (Å²) in [6.45, 7) is 0.512. The third-order valence-electron chi connectivity index (χ3n) is 2.41. The van der Waals surface area contributed by atoms with E-state index in [4.69, 9.17) is 10.8 Å². The Hall–Kier alpha value is -2.37. The topological polar surface area (TPSA) is 84.1 Å². The molecule has 18 heavy (non-hydrogen) atoms. The number of benzene rings is 1. The van der Waals surface area contributed by atoms with Crippen molar-refractivity contribution in [2.75, 3.05) is 17.6 Å². The minimum Gasteiger partial charge on any atom is -0.508 e. The molecule has 2 aromatic rings. The van der Waals surface area contributed by atoms with Gasteiger partial charge in [-0.3, -0.25) is 0 Å². The molecular weight excluding hydrogens is 235 g/mol. The molecule has 0 aliphatic heterocycles. The van der Waals surface area contributed by atoms with Crippen molar-refractivity contribution in [3.05, 3.63) is 41.8 Å². The standard InChI is InChI=1S/C12H13FN4O/c13-10-7-16-12(14)17-11(10)15-6-5-8-1-3-9(18)4-2-8/h1-4,7,18H,5-6H2,(H3,14,15,16,17). The van der Waals surface area contributed by atoms with Crippen LogP contribution in [0.2, 0.25) is 0 Å². The highest BCUT2D eigenvalue weighted by Crippen LogP contribution is 2.12. The predicted molar refractivity (Wildman–Crippen MR) is 66.7 cm³/mol. The molecule has 0 radical (unpaired) electrons. The molecule has 5 nitrogen and oxygen atoms in total. The first-order chi connectivity index (χ1) is 8.65. The summed E-state index contributed by atoms with van der Waals surface area (Å²) < 4.78 is 13.3. The number of halogens is 1. The van der Waals surface area contributed by atoms with Gasteiger partial charge in [-0.05, 0) is 24.1 Å². The zero-order chi connectivity index (χ0) is 13.0. The number of hydrogen-bond acceptors (Lipinski definition) is 5. The Morgan fingerprint density at radius 1 is 1.28 bits per heavy atom. The zero-order valence-corrected chi connectivity index (χ0v) is 9.60. The molecule has 4 N–H and O–H groups in total. The van der Waals surface area contributed by atoms with E-state index in [9.17, 15) is 4.39 Å². The largest absolute Gasteiger partial charge is 0.508 e. The Morgan fingerprint density at radius 3 is 2.72 bits per heavy atom. The first-order valence-corrected chi connectivity index (χ1v) is 5.45. The Kier molecular flexibility index (Phi) is 3.57. The van der Waals surface area contributed by atoms with Gasteiger partial charge in [0.25, 0.3) is 0 Å².